The van der Waals surface area contributed by atoms with E-state index >= 15 is 0 Å². The first kappa shape index (κ1) is 20.7. The van der Waals surface area contributed by atoms with Gasteiger partial charge in [0.15, 0.2) is 0 Å². The molecule has 4 heteroatoms. The van der Waals surface area contributed by atoms with Crippen molar-refractivity contribution in [3.63, 3.8) is 0 Å². The number of hydrogen-bond acceptors (Lipinski definition) is 4. The minimum Gasteiger partial charge on any atom is -0.143 e. The molecule has 0 aromatic carbocycles. The Bertz CT molecular complexity index is 704. The average molecular weight is 467 g/mol. The van der Waals surface area contributed by atoms with Gasteiger partial charge in [0.25, 0.3) is 0 Å². The van der Waals surface area contributed by atoms with Gasteiger partial charge in [-0.15, -0.1) is 47.0 Å². The van der Waals surface area contributed by atoms with Crippen LogP contribution in [0.5, 0.6) is 0 Å². The van der Waals surface area contributed by atoms with Gasteiger partial charge in [-0.1, -0.05) is 25.5 Å². The van der Waals surface area contributed by atoms with Crippen LogP contribution in [0.25, 0.3) is 0 Å². The molecule has 0 aromatic heterocycles. The molecule has 4 unspecified atom stereocenters. The minimum atomic E-state index is 0.467. The summed E-state index contributed by atoms with van der Waals surface area (Å²) in [4.78, 5) is 0. The van der Waals surface area contributed by atoms with E-state index < -0.39 is 0 Å². The second kappa shape index (κ2) is 7.07. The fourth-order valence-electron chi connectivity index (χ4n) is 8.97. The smallest absolute Gasteiger partial charge is 0.0795 e. The van der Waals surface area contributed by atoms with E-state index in [1.54, 1.807) is 0 Å². The number of hydrogen-bond donors (Lipinski definition) is 0. The predicted octanol–water partition coefficient (Wildman–Crippen LogP) is 7.94. The van der Waals surface area contributed by atoms with Gasteiger partial charge in [0.1, 0.15) is 0 Å². The van der Waals surface area contributed by atoms with E-state index in [9.17, 15) is 0 Å². The van der Waals surface area contributed by atoms with Crippen LogP contribution in [0.3, 0.4) is 0 Å². The summed E-state index contributed by atoms with van der Waals surface area (Å²) >= 11 is 9.13. The first-order valence-corrected chi connectivity index (χ1v) is 16.1. The summed E-state index contributed by atoms with van der Waals surface area (Å²) in [5, 5.41) is 0. The molecule has 0 radical (unpaired) electrons. The number of fused-ring (bicyclic) bond motifs is 5. The zero-order valence-corrected chi connectivity index (χ0v) is 21.8. The Morgan fingerprint density at radius 2 is 1.48 bits per heavy atom. The molecular weight excluding hydrogens is 429 g/mol. The third-order valence-electron chi connectivity index (χ3n) is 10.4. The molecule has 3 saturated carbocycles. The molecule has 4 aliphatic carbocycles. The summed E-state index contributed by atoms with van der Waals surface area (Å²) in [5.41, 5.74) is 3.03. The van der Waals surface area contributed by atoms with Crippen LogP contribution in [0.4, 0.5) is 0 Å². The SMILES string of the molecule is CC1(C2CCC3C4CCC5=CC6(CC[C@]5(C)C4CC[C@@]32C)SCCS6)SCCS1. The van der Waals surface area contributed by atoms with Crippen molar-refractivity contribution >= 4 is 47.0 Å². The molecule has 0 bridgehead atoms. The summed E-state index contributed by atoms with van der Waals surface area (Å²) in [6, 6.07) is 0. The van der Waals surface area contributed by atoms with Gasteiger partial charge in [-0.2, -0.15) is 0 Å². The van der Waals surface area contributed by atoms with Gasteiger partial charge in [0.05, 0.1) is 8.16 Å². The van der Waals surface area contributed by atoms with Crippen LogP contribution in [0, 0.1) is 34.5 Å². The standard InChI is InChI=1S/C25H38S4/c1-22-10-11-25(28-14-15-29-25)16-17(22)4-5-18-19-6-7-21(24(3)26-12-13-27-24)23(19,2)9-8-20(18)22/h16,18-21H,4-15H2,1-3H3/t18?,19?,20?,21?,22-,23-/m0/s1. The average Bonchev–Trinajstić information content (AvgIpc) is 3.42. The molecule has 162 valence electrons. The van der Waals surface area contributed by atoms with Crippen LogP contribution >= 0.6 is 47.0 Å². The predicted molar refractivity (Wildman–Crippen MR) is 136 cm³/mol. The normalized spacial score (nSPS) is 50.1. The van der Waals surface area contributed by atoms with E-state index in [1.807, 2.05) is 5.57 Å². The van der Waals surface area contributed by atoms with Gasteiger partial charge in [-0.3, -0.25) is 0 Å². The molecule has 6 rings (SSSR count). The van der Waals surface area contributed by atoms with Gasteiger partial charge in [0, 0.05) is 23.0 Å². The lowest BCUT2D eigenvalue weighted by molar-refractivity contribution is -0.0519. The highest BCUT2D eigenvalue weighted by Crippen LogP contribution is 2.71. The maximum absolute atomic E-state index is 2.81. The zero-order valence-electron chi connectivity index (χ0n) is 18.5. The van der Waals surface area contributed by atoms with Gasteiger partial charge in [0.2, 0.25) is 0 Å². The highest BCUT2D eigenvalue weighted by Gasteiger charge is 2.62. The molecule has 0 nitrogen and oxygen atoms in total. The highest BCUT2D eigenvalue weighted by atomic mass is 32.2. The molecule has 2 aliphatic heterocycles. The van der Waals surface area contributed by atoms with Crippen molar-refractivity contribution < 1.29 is 0 Å². The third-order valence-corrected chi connectivity index (χ3v) is 17.3. The van der Waals surface area contributed by atoms with Crippen molar-refractivity contribution in [1.82, 2.24) is 0 Å². The van der Waals surface area contributed by atoms with Crippen molar-refractivity contribution in [2.45, 2.75) is 80.3 Å². The van der Waals surface area contributed by atoms with Crippen molar-refractivity contribution in [2.75, 3.05) is 23.0 Å². The molecule has 6 atom stereocenters. The van der Waals surface area contributed by atoms with E-state index in [-0.39, 0.29) is 0 Å². The summed E-state index contributed by atoms with van der Waals surface area (Å²) in [6.45, 7) is 8.05. The second-order valence-corrected chi connectivity index (χ2v) is 17.9. The van der Waals surface area contributed by atoms with Crippen molar-refractivity contribution in [3.05, 3.63) is 11.6 Å². The van der Waals surface area contributed by atoms with Crippen LogP contribution < -0.4 is 0 Å². The second-order valence-electron chi connectivity index (χ2n) is 11.4. The maximum Gasteiger partial charge on any atom is 0.0795 e. The number of thioether (sulfide) groups is 4. The summed E-state index contributed by atoms with van der Waals surface area (Å²) < 4.78 is 0.975. The zero-order chi connectivity index (χ0) is 19.9. The van der Waals surface area contributed by atoms with Crippen LogP contribution in [0.15, 0.2) is 11.6 Å². The van der Waals surface area contributed by atoms with E-state index in [1.165, 1.54) is 74.4 Å². The van der Waals surface area contributed by atoms with E-state index in [0.717, 1.165) is 23.7 Å². The van der Waals surface area contributed by atoms with Crippen molar-refractivity contribution in [3.8, 4) is 0 Å². The van der Waals surface area contributed by atoms with E-state index in [2.05, 4.69) is 73.9 Å². The summed E-state index contributed by atoms with van der Waals surface area (Å²) in [5.74, 6) is 9.45. The lowest BCUT2D eigenvalue weighted by Gasteiger charge is -2.60. The van der Waals surface area contributed by atoms with Crippen LogP contribution in [0.1, 0.15) is 72.1 Å². The maximum atomic E-state index is 2.81. The fourth-order valence-corrected chi connectivity index (χ4v) is 15.6. The molecular formula is C25H38S4. The van der Waals surface area contributed by atoms with Gasteiger partial charge in [-0.25, -0.2) is 0 Å². The first-order chi connectivity index (χ1) is 13.9. The molecule has 2 heterocycles. The minimum absolute atomic E-state index is 0.467. The summed E-state index contributed by atoms with van der Waals surface area (Å²) in [7, 11) is 0. The first-order valence-electron chi connectivity index (χ1n) is 12.2. The van der Waals surface area contributed by atoms with E-state index in [4.69, 9.17) is 0 Å². The molecule has 0 aromatic rings. The monoisotopic (exact) mass is 466 g/mol. The molecule has 1 spiro atoms. The van der Waals surface area contributed by atoms with Gasteiger partial charge in [-0.05, 0) is 92.8 Å². The molecule has 2 saturated heterocycles. The van der Waals surface area contributed by atoms with E-state index in [0.29, 0.717) is 19.0 Å². The molecule has 0 N–H and O–H groups in total. The Morgan fingerprint density at radius 3 is 2.24 bits per heavy atom. The Morgan fingerprint density at radius 1 is 0.759 bits per heavy atom. The number of allylic oxidation sites excluding steroid dienone is 1. The number of rotatable bonds is 1. The Hall–Kier alpha value is 1.14. The lowest BCUT2D eigenvalue weighted by atomic mass is 9.46. The Kier molecular flexibility index (Phi) is 5.05. The molecule has 6 aliphatic rings. The van der Waals surface area contributed by atoms with Crippen LogP contribution in [-0.4, -0.2) is 31.2 Å². The lowest BCUT2D eigenvalue weighted by Crippen LogP contribution is -2.52. The molecule has 5 fully saturated rings. The van der Waals surface area contributed by atoms with Crippen LogP contribution in [0.2, 0.25) is 0 Å². The largest absolute Gasteiger partial charge is 0.143 e. The van der Waals surface area contributed by atoms with Crippen LogP contribution in [-0.2, 0) is 0 Å². The Balaban J connectivity index is 1.29. The van der Waals surface area contributed by atoms with Gasteiger partial charge < -0.3 is 0 Å². The van der Waals surface area contributed by atoms with Crippen molar-refractivity contribution in [2.24, 2.45) is 34.5 Å². The highest BCUT2D eigenvalue weighted by molar-refractivity contribution is 8.21. The fraction of sp³-hybridized carbons (Fsp3) is 0.920. The summed E-state index contributed by atoms with van der Waals surface area (Å²) in [6.07, 6.45) is 14.7. The topological polar surface area (TPSA) is 0 Å². The molecule has 29 heavy (non-hydrogen) atoms. The quantitative estimate of drug-likeness (QED) is 0.359. The van der Waals surface area contributed by atoms with Crippen molar-refractivity contribution in [1.29, 1.82) is 0 Å². The van der Waals surface area contributed by atoms with Gasteiger partial charge >= 0.3 is 0 Å². The Labute approximate surface area is 195 Å². The molecule has 0 amide bonds. The third kappa shape index (κ3) is 2.96.